The van der Waals surface area contributed by atoms with Gasteiger partial charge in [-0.05, 0) is 28.9 Å². The molecule has 1 rings (SSSR count). The minimum Gasteiger partial charge on any atom is -0.465 e. The van der Waals surface area contributed by atoms with Crippen molar-refractivity contribution in [3.63, 3.8) is 0 Å². The topological polar surface area (TPSA) is 39.2 Å². The summed E-state index contributed by atoms with van der Waals surface area (Å²) in [5.41, 5.74) is 0.971. The van der Waals surface area contributed by atoms with Gasteiger partial charge in [0.1, 0.15) is 5.15 Å². The van der Waals surface area contributed by atoms with Crippen LogP contribution in [0.3, 0.4) is 0 Å². The molecule has 0 N–H and O–H groups in total. The van der Waals surface area contributed by atoms with E-state index in [0.29, 0.717) is 20.9 Å². The summed E-state index contributed by atoms with van der Waals surface area (Å²) in [6.07, 6.45) is 0. The summed E-state index contributed by atoms with van der Waals surface area (Å²) >= 11 is 8.90. The quantitative estimate of drug-likeness (QED) is 0.578. The maximum absolute atomic E-state index is 11.2. The number of rotatable bonds is 1. The summed E-state index contributed by atoms with van der Waals surface area (Å²) in [5, 5.41) is 0.338. The number of hydrogen-bond acceptors (Lipinski definition) is 3. The molecule has 1 heterocycles. The molecule has 0 aliphatic heterocycles. The lowest BCUT2D eigenvalue weighted by molar-refractivity contribution is 0.0599. The van der Waals surface area contributed by atoms with Crippen molar-refractivity contribution in [3.8, 4) is 0 Å². The molecule has 70 valence electrons. The van der Waals surface area contributed by atoms with Gasteiger partial charge >= 0.3 is 5.97 Å². The number of esters is 1. The highest BCUT2D eigenvalue weighted by Gasteiger charge is 2.12. The molecule has 0 saturated carbocycles. The van der Waals surface area contributed by atoms with Crippen LogP contribution >= 0.6 is 27.5 Å². The first-order valence-electron chi connectivity index (χ1n) is 3.47. The standard InChI is InChI=1S/C8H7BrClNO2/c1-4-5(8(12)13-2)3-6(9)7(10)11-4/h3H,1-2H3. The first kappa shape index (κ1) is 10.5. The van der Waals surface area contributed by atoms with E-state index < -0.39 is 5.97 Å². The molecule has 0 amide bonds. The van der Waals surface area contributed by atoms with Gasteiger partial charge in [0.05, 0.1) is 22.8 Å². The number of halogens is 2. The Morgan fingerprint density at radius 2 is 2.31 bits per heavy atom. The van der Waals surface area contributed by atoms with E-state index in [1.807, 2.05) is 0 Å². The normalized spacial score (nSPS) is 9.85. The number of aryl methyl sites for hydroxylation is 1. The van der Waals surface area contributed by atoms with Gasteiger partial charge in [0.15, 0.2) is 0 Å². The molecule has 3 nitrogen and oxygen atoms in total. The highest BCUT2D eigenvalue weighted by Crippen LogP contribution is 2.23. The van der Waals surface area contributed by atoms with Crippen molar-refractivity contribution in [2.45, 2.75) is 6.92 Å². The largest absolute Gasteiger partial charge is 0.465 e. The second-order valence-corrected chi connectivity index (χ2v) is 3.60. The second-order valence-electron chi connectivity index (χ2n) is 2.39. The van der Waals surface area contributed by atoms with Crippen LogP contribution in [0.5, 0.6) is 0 Å². The number of pyridine rings is 1. The molecule has 0 aliphatic rings. The predicted octanol–water partition coefficient (Wildman–Crippen LogP) is 2.59. The first-order chi connectivity index (χ1) is 6.06. The smallest absolute Gasteiger partial charge is 0.339 e. The van der Waals surface area contributed by atoms with Crippen LogP contribution in [0.2, 0.25) is 5.15 Å². The lowest BCUT2D eigenvalue weighted by Gasteiger charge is -2.04. The molecule has 0 spiro atoms. The van der Waals surface area contributed by atoms with Crippen LogP contribution in [0.25, 0.3) is 0 Å². The van der Waals surface area contributed by atoms with Crippen LogP contribution in [-0.4, -0.2) is 18.1 Å². The second kappa shape index (κ2) is 4.07. The SMILES string of the molecule is COC(=O)c1cc(Br)c(Cl)nc1C. The third-order valence-electron chi connectivity index (χ3n) is 1.53. The van der Waals surface area contributed by atoms with Crippen LogP contribution in [0.4, 0.5) is 0 Å². The van der Waals surface area contributed by atoms with E-state index in [9.17, 15) is 4.79 Å². The maximum atomic E-state index is 11.2. The third kappa shape index (κ3) is 2.19. The van der Waals surface area contributed by atoms with Gasteiger partial charge in [-0.2, -0.15) is 0 Å². The molecule has 0 saturated heterocycles. The predicted molar refractivity (Wildman–Crippen MR) is 53.0 cm³/mol. The minimum atomic E-state index is -0.414. The van der Waals surface area contributed by atoms with E-state index >= 15 is 0 Å². The van der Waals surface area contributed by atoms with E-state index in [0.717, 1.165) is 0 Å². The third-order valence-corrected chi connectivity index (χ3v) is 2.65. The number of ether oxygens (including phenoxy) is 1. The molecule has 0 unspecified atom stereocenters. The highest BCUT2D eigenvalue weighted by atomic mass is 79.9. The van der Waals surface area contributed by atoms with Gasteiger partial charge in [0.2, 0.25) is 0 Å². The summed E-state index contributed by atoms with van der Waals surface area (Å²) < 4.78 is 5.15. The Labute approximate surface area is 89.2 Å². The number of methoxy groups -OCH3 is 1. The van der Waals surface area contributed by atoms with Gasteiger partial charge in [-0.3, -0.25) is 0 Å². The minimum absolute atomic E-state index is 0.338. The van der Waals surface area contributed by atoms with Crippen LogP contribution in [0.15, 0.2) is 10.5 Å². The number of aromatic nitrogens is 1. The zero-order chi connectivity index (χ0) is 10.0. The zero-order valence-electron chi connectivity index (χ0n) is 7.10. The van der Waals surface area contributed by atoms with Crippen LogP contribution in [0.1, 0.15) is 16.1 Å². The van der Waals surface area contributed by atoms with Crippen molar-refractivity contribution in [2.24, 2.45) is 0 Å². The van der Waals surface area contributed by atoms with Crippen molar-refractivity contribution in [3.05, 3.63) is 26.9 Å². The molecule has 1 aromatic heterocycles. The first-order valence-corrected chi connectivity index (χ1v) is 4.64. The fourth-order valence-electron chi connectivity index (χ4n) is 0.868. The van der Waals surface area contributed by atoms with Crippen molar-refractivity contribution >= 4 is 33.5 Å². The summed E-state index contributed by atoms with van der Waals surface area (Å²) in [5.74, 6) is -0.414. The van der Waals surface area contributed by atoms with Crippen LogP contribution in [0, 0.1) is 6.92 Å². The Morgan fingerprint density at radius 1 is 1.69 bits per heavy atom. The number of carbonyl (C=O) groups is 1. The molecular weight excluding hydrogens is 257 g/mol. The lowest BCUT2D eigenvalue weighted by Crippen LogP contribution is -2.05. The highest BCUT2D eigenvalue weighted by molar-refractivity contribution is 9.10. The Kier molecular flexibility index (Phi) is 3.27. The molecule has 5 heteroatoms. The molecule has 0 atom stereocenters. The van der Waals surface area contributed by atoms with E-state index in [-0.39, 0.29) is 0 Å². The fraction of sp³-hybridized carbons (Fsp3) is 0.250. The van der Waals surface area contributed by atoms with Gasteiger partial charge in [-0.15, -0.1) is 0 Å². The average Bonchev–Trinajstić information content (AvgIpc) is 2.10. The fourth-order valence-corrected chi connectivity index (χ4v) is 1.37. The maximum Gasteiger partial charge on any atom is 0.339 e. The molecule has 13 heavy (non-hydrogen) atoms. The Bertz CT molecular complexity index is 354. The van der Waals surface area contributed by atoms with Crippen LogP contribution in [-0.2, 0) is 4.74 Å². The Hall–Kier alpha value is -0.610. The van der Waals surface area contributed by atoms with E-state index in [1.165, 1.54) is 7.11 Å². The van der Waals surface area contributed by atoms with Crippen molar-refractivity contribution in [2.75, 3.05) is 7.11 Å². The van der Waals surface area contributed by atoms with Crippen molar-refractivity contribution in [1.82, 2.24) is 4.98 Å². The monoisotopic (exact) mass is 263 g/mol. The molecule has 1 aromatic rings. The van der Waals surface area contributed by atoms with E-state index in [1.54, 1.807) is 13.0 Å². The van der Waals surface area contributed by atoms with Gasteiger partial charge < -0.3 is 4.74 Å². The van der Waals surface area contributed by atoms with Gasteiger partial charge in [-0.25, -0.2) is 9.78 Å². The average molecular weight is 265 g/mol. The number of carbonyl (C=O) groups excluding carboxylic acids is 1. The Balaban J connectivity index is 3.23. The molecule has 0 aromatic carbocycles. The molecular formula is C8H7BrClNO2. The molecule has 0 radical (unpaired) electrons. The number of nitrogens with zero attached hydrogens (tertiary/aromatic N) is 1. The van der Waals surface area contributed by atoms with Gasteiger partial charge in [0.25, 0.3) is 0 Å². The summed E-state index contributed by atoms with van der Waals surface area (Å²) in [6.45, 7) is 1.70. The van der Waals surface area contributed by atoms with E-state index in [4.69, 9.17) is 11.6 Å². The lowest BCUT2D eigenvalue weighted by atomic mass is 10.2. The molecule has 0 fully saturated rings. The Morgan fingerprint density at radius 3 is 2.85 bits per heavy atom. The molecule has 0 aliphatic carbocycles. The van der Waals surface area contributed by atoms with Gasteiger partial charge in [-0.1, -0.05) is 11.6 Å². The van der Waals surface area contributed by atoms with E-state index in [2.05, 4.69) is 25.7 Å². The summed E-state index contributed by atoms with van der Waals surface area (Å²) in [7, 11) is 1.32. The summed E-state index contributed by atoms with van der Waals surface area (Å²) in [6, 6.07) is 1.59. The van der Waals surface area contributed by atoms with Crippen molar-refractivity contribution in [1.29, 1.82) is 0 Å². The van der Waals surface area contributed by atoms with Crippen molar-refractivity contribution < 1.29 is 9.53 Å². The number of hydrogen-bond donors (Lipinski definition) is 0. The summed E-state index contributed by atoms with van der Waals surface area (Å²) in [4.78, 5) is 15.1. The zero-order valence-corrected chi connectivity index (χ0v) is 9.44. The molecule has 0 bridgehead atoms. The van der Waals surface area contributed by atoms with Gasteiger partial charge in [0, 0.05) is 0 Å². The van der Waals surface area contributed by atoms with Crippen LogP contribution < -0.4 is 0 Å².